The van der Waals surface area contributed by atoms with E-state index in [4.69, 9.17) is 9.84 Å². The Morgan fingerprint density at radius 3 is 2.68 bits per heavy atom. The summed E-state index contributed by atoms with van der Waals surface area (Å²) in [5.41, 5.74) is -0.816. The Bertz CT molecular complexity index is 434. The second kappa shape index (κ2) is 6.53. The highest BCUT2D eigenvalue weighted by atomic mass is 19.4. The second-order valence-corrected chi connectivity index (χ2v) is 3.84. The van der Waals surface area contributed by atoms with Crippen molar-refractivity contribution in [3.8, 4) is 0 Å². The van der Waals surface area contributed by atoms with Crippen LogP contribution in [-0.2, 0) is 15.7 Å². The molecular weight excluding hydrogens is 263 g/mol. The second-order valence-electron chi connectivity index (χ2n) is 3.84. The van der Waals surface area contributed by atoms with Gasteiger partial charge in [0.15, 0.2) is 0 Å². The van der Waals surface area contributed by atoms with Gasteiger partial charge in [-0.2, -0.15) is 13.2 Å². The van der Waals surface area contributed by atoms with Crippen LogP contribution in [-0.4, -0.2) is 31.3 Å². The van der Waals surface area contributed by atoms with E-state index in [1.165, 1.54) is 19.2 Å². The van der Waals surface area contributed by atoms with E-state index in [1.807, 2.05) is 0 Å². The summed E-state index contributed by atoms with van der Waals surface area (Å²) in [5, 5.41) is 11.7. The summed E-state index contributed by atoms with van der Waals surface area (Å²) >= 11 is 0. The third-order valence-corrected chi connectivity index (χ3v) is 2.45. The van der Waals surface area contributed by atoms with Crippen LogP contribution < -0.4 is 5.32 Å². The van der Waals surface area contributed by atoms with Crippen LogP contribution in [0.5, 0.6) is 0 Å². The molecule has 0 aliphatic rings. The molecule has 1 aromatic rings. The standard InChI is InChI=1S/C12H14F3NO3/c1-19-6-5-16-10(11(17)18)8-3-2-4-9(7-8)12(13,14)15/h2-4,7,10,16H,5-6H2,1H3,(H,17,18). The number of carboxylic acid groups (broad SMARTS) is 1. The molecular formula is C12H14F3NO3. The first-order chi connectivity index (χ1) is 8.86. The van der Waals surface area contributed by atoms with Crippen molar-refractivity contribution in [2.24, 2.45) is 0 Å². The molecule has 0 fully saturated rings. The van der Waals surface area contributed by atoms with Crippen molar-refractivity contribution in [3.05, 3.63) is 35.4 Å². The van der Waals surface area contributed by atoms with E-state index >= 15 is 0 Å². The van der Waals surface area contributed by atoms with Crippen LogP contribution in [0, 0.1) is 0 Å². The third kappa shape index (κ3) is 4.53. The molecule has 19 heavy (non-hydrogen) atoms. The normalized spacial score (nSPS) is 13.3. The summed E-state index contributed by atoms with van der Waals surface area (Å²) in [5.74, 6) is -1.24. The largest absolute Gasteiger partial charge is 0.480 e. The van der Waals surface area contributed by atoms with Crippen LogP contribution in [0.15, 0.2) is 24.3 Å². The zero-order valence-electron chi connectivity index (χ0n) is 10.2. The molecule has 4 nitrogen and oxygen atoms in total. The van der Waals surface area contributed by atoms with E-state index in [0.717, 1.165) is 12.1 Å². The monoisotopic (exact) mass is 277 g/mol. The lowest BCUT2D eigenvalue weighted by Crippen LogP contribution is -2.31. The molecule has 0 aromatic heterocycles. The topological polar surface area (TPSA) is 58.6 Å². The van der Waals surface area contributed by atoms with Gasteiger partial charge in [-0.3, -0.25) is 10.1 Å². The summed E-state index contributed by atoms with van der Waals surface area (Å²) in [6, 6.07) is 3.06. The maximum absolute atomic E-state index is 12.6. The van der Waals surface area contributed by atoms with Crippen molar-refractivity contribution < 1.29 is 27.8 Å². The van der Waals surface area contributed by atoms with E-state index in [9.17, 15) is 18.0 Å². The lowest BCUT2D eigenvalue weighted by atomic mass is 10.0. The zero-order valence-corrected chi connectivity index (χ0v) is 10.2. The van der Waals surface area contributed by atoms with Gasteiger partial charge < -0.3 is 9.84 Å². The molecule has 1 rings (SSSR count). The fourth-order valence-corrected chi connectivity index (χ4v) is 1.55. The number of hydrogen-bond donors (Lipinski definition) is 2. The van der Waals surface area contributed by atoms with Crippen LogP contribution in [0.2, 0.25) is 0 Å². The number of methoxy groups -OCH3 is 1. The maximum atomic E-state index is 12.6. The van der Waals surface area contributed by atoms with Crippen LogP contribution in [0.1, 0.15) is 17.2 Å². The Morgan fingerprint density at radius 1 is 1.47 bits per heavy atom. The number of carboxylic acids is 1. The first kappa shape index (κ1) is 15.5. The Hall–Kier alpha value is -1.60. The number of benzene rings is 1. The van der Waals surface area contributed by atoms with Crippen molar-refractivity contribution in [3.63, 3.8) is 0 Å². The van der Waals surface area contributed by atoms with E-state index in [-0.39, 0.29) is 18.7 Å². The van der Waals surface area contributed by atoms with E-state index < -0.39 is 23.8 Å². The number of hydrogen-bond acceptors (Lipinski definition) is 3. The number of carbonyl (C=O) groups is 1. The van der Waals surface area contributed by atoms with Gasteiger partial charge in [0.25, 0.3) is 0 Å². The first-order valence-corrected chi connectivity index (χ1v) is 5.48. The zero-order chi connectivity index (χ0) is 14.5. The number of ether oxygens (including phenoxy) is 1. The van der Waals surface area contributed by atoms with Gasteiger partial charge in [-0.15, -0.1) is 0 Å². The minimum absolute atomic E-state index is 0.0541. The SMILES string of the molecule is COCCNC(C(=O)O)c1cccc(C(F)(F)F)c1. The van der Waals surface area contributed by atoms with Crippen molar-refractivity contribution in [2.75, 3.05) is 20.3 Å². The molecule has 1 atom stereocenters. The van der Waals surface area contributed by atoms with Crippen LogP contribution >= 0.6 is 0 Å². The molecule has 0 aliphatic heterocycles. The fourth-order valence-electron chi connectivity index (χ4n) is 1.55. The maximum Gasteiger partial charge on any atom is 0.416 e. The summed E-state index contributed by atoms with van der Waals surface area (Å²) in [6.45, 7) is 0.493. The highest BCUT2D eigenvalue weighted by molar-refractivity contribution is 5.75. The molecule has 7 heteroatoms. The predicted molar refractivity (Wildman–Crippen MR) is 61.7 cm³/mol. The number of alkyl halides is 3. The van der Waals surface area contributed by atoms with E-state index in [0.29, 0.717) is 0 Å². The summed E-state index contributed by atoms with van der Waals surface area (Å²) in [7, 11) is 1.45. The van der Waals surface area contributed by atoms with Crippen LogP contribution in [0.25, 0.3) is 0 Å². The van der Waals surface area contributed by atoms with Crippen molar-refractivity contribution in [1.29, 1.82) is 0 Å². The van der Waals surface area contributed by atoms with E-state index in [2.05, 4.69) is 5.32 Å². The summed E-state index contributed by atoms with van der Waals surface area (Å²) < 4.78 is 42.4. The molecule has 0 saturated carbocycles. The van der Waals surface area contributed by atoms with Crippen molar-refractivity contribution >= 4 is 5.97 Å². The molecule has 0 heterocycles. The Morgan fingerprint density at radius 2 is 2.16 bits per heavy atom. The average Bonchev–Trinajstić information content (AvgIpc) is 2.33. The van der Waals surface area contributed by atoms with Gasteiger partial charge in [0.1, 0.15) is 6.04 Å². The minimum atomic E-state index is -4.49. The number of halogens is 3. The molecule has 0 aliphatic carbocycles. The van der Waals surface area contributed by atoms with E-state index in [1.54, 1.807) is 0 Å². The van der Waals surface area contributed by atoms with Crippen molar-refractivity contribution in [1.82, 2.24) is 5.32 Å². The average molecular weight is 277 g/mol. The molecule has 1 unspecified atom stereocenters. The Balaban J connectivity index is 2.93. The summed E-state index contributed by atoms with van der Waals surface area (Å²) in [4.78, 5) is 11.1. The van der Waals surface area contributed by atoms with Gasteiger partial charge in [-0.1, -0.05) is 12.1 Å². The lowest BCUT2D eigenvalue weighted by Gasteiger charge is -2.16. The molecule has 0 radical (unpaired) electrons. The smallest absolute Gasteiger partial charge is 0.416 e. The minimum Gasteiger partial charge on any atom is -0.480 e. The highest BCUT2D eigenvalue weighted by Gasteiger charge is 2.31. The van der Waals surface area contributed by atoms with Crippen molar-refractivity contribution in [2.45, 2.75) is 12.2 Å². The highest BCUT2D eigenvalue weighted by Crippen LogP contribution is 2.30. The Labute approximate surface area is 108 Å². The Kier molecular flexibility index (Phi) is 5.31. The van der Waals surface area contributed by atoms with Gasteiger partial charge >= 0.3 is 12.1 Å². The predicted octanol–water partition coefficient (Wildman–Crippen LogP) is 2.07. The van der Waals surface area contributed by atoms with Gasteiger partial charge in [-0.25, -0.2) is 0 Å². The first-order valence-electron chi connectivity index (χ1n) is 5.48. The summed E-state index contributed by atoms with van der Waals surface area (Å²) in [6.07, 6.45) is -4.49. The van der Waals surface area contributed by atoms with Gasteiger partial charge in [0.05, 0.1) is 12.2 Å². The lowest BCUT2D eigenvalue weighted by molar-refractivity contribution is -0.140. The molecule has 0 bridgehead atoms. The van der Waals surface area contributed by atoms with Gasteiger partial charge in [0.2, 0.25) is 0 Å². The molecule has 106 valence electrons. The molecule has 1 aromatic carbocycles. The number of rotatable bonds is 6. The van der Waals surface area contributed by atoms with Crippen LogP contribution in [0.4, 0.5) is 13.2 Å². The van der Waals surface area contributed by atoms with Gasteiger partial charge in [-0.05, 0) is 17.7 Å². The quantitative estimate of drug-likeness (QED) is 0.781. The molecule has 2 N–H and O–H groups in total. The molecule has 0 saturated heterocycles. The third-order valence-electron chi connectivity index (χ3n) is 2.45. The molecule has 0 spiro atoms. The fraction of sp³-hybridized carbons (Fsp3) is 0.417. The van der Waals surface area contributed by atoms with Crippen LogP contribution in [0.3, 0.4) is 0 Å². The number of aliphatic carboxylic acids is 1. The number of nitrogens with one attached hydrogen (secondary N) is 1. The van der Waals surface area contributed by atoms with Gasteiger partial charge in [0, 0.05) is 13.7 Å². The molecule has 0 amide bonds.